The number of esters is 2. The Kier molecular flexibility index (Phi) is 1.22. The predicted molar refractivity (Wildman–Crippen MR) is 40.7 cm³/mol. The molecule has 1 spiro atoms. The van der Waals surface area contributed by atoms with Crippen molar-refractivity contribution in [2.75, 3.05) is 0 Å². The molecule has 0 N–H and O–H groups in total. The van der Waals surface area contributed by atoms with Crippen molar-refractivity contribution >= 4 is 11.9 Å². The monoisotopic (exact) mass is 182 g/mol. The lowest BCUT2D eigenvalue weighted by Gasteiger charge is -2.24. The molecule has 3 fully saturated rings. The average molecular weight is 182 g/mol. The SMILES string of the molecule is O=C1CC2(CC3CCC2O3)C(=O)O1. The minimum Gasteiger partial charge on any atom is -0.393 e. The fourth-order valence-corrected chi connectivity index (χ4v) is 2.77. The molecule has 3 rings (SSSR count). The molecule has 3 aliphatic heterocycles. The molecule has 0 aliphatic carbocycles. The van der Waals surface area contributed by atoms with Gasteiger partial charge in [0.2, 0.25) is 0 Å². The van der Waals surface area contributed by atoms with E-state index < -0.39 is 5.41 Å². The van der Waals surface area contributed by atoms with Crippen molar-refractivity contribution in [1.29, 1.82) is 0 Å². The Balaban J connectivity index is 1.98. The predicted octanol–water partition coefficient (Wildman–Crippen LogP) is 0.398. The van der Waals surface area contributed by atoms with Crippen molar-refractivity contribution in [2.45, 2.75) is 37.9 Å². The van der Waals surface area contributed by atoms with E-state index in [1.165, 1.54) is 0 Å². The van der Waals surface area contributed by atoms with Gasteiger partial charge in [-0.2, -0.15) is 0 Å². The number of carbonyl (C=O) groups excluding carboxylic acids is 2. The van der Waals surface area contributed by atoms with Crippen LogP contribution in [0.1, 0.15) is 25.7 Å². The average Bonchev–Trinajstić information content (AvgIpc) is 2.68. The second kappa shape index (κ2) is 2.12. The van der Waals surface area contributed by atoms with E-state index in [2.05, 4.69) is 4.74 Å². The van der Waals surface area contributed by atoms with Crippen molar-refractivity contribution in [3.05, 3.63) is 0 Å². The van der Waals surface area contributed by atoms with Crippen molar-refractivity contribution in [3.8, 4) is 0 Å². The van der Waals surface area contributed by atoms with E-state index in [9.17, 15) is 9.59 Å². The van der Waals surface area contributed by atoms with E-state index in [1.807, 2.05) is 0 Å². The molecule has 0 aromatic carbocycles. The molecule has 0 amide bonds. The third kappa shape index (κ3) is 0.790. The summed E-state index contributed by atoms with van der Waals surface area (Å²) >= 11 is 0. The second-order valence-electron chi connectivity index (χ2n) is 4.12. The highest BCUT2D eigenvalue weighted by Crippen LogP contribution is 2.52. The Labute approximate surface area is 75.2 Å². The second-order valence-corrected chi connectivity index (χ2v) is 4.12. The number of hydrogen-bond donors (Lipinski definition) is 0. The number of rotatable bonds is 0. The summed E-state index contributed by atoms with van der Waals surface area (Å²) in [6.07, 6.45) is 2.95. The molecular formula is C9H10O4. The summed E-state index contributed by atoms with van der Waals surface area (Å²) in [7, 11) is 0. The zero-order valence-corrected chi connectivity index (χ0v) is 7.12. The van der Waals surface area contributed by atoms with Gasteiger partial charge in [-0.1, -0.05) is 0 Å². The molecule has 3 aliphatic rings. The molecule has 0 aromatic rings. The zero-order chi connectivity index (χ0) is 9.05. The van der Waals surface area contributed by atoms with E-state index in [0.717, 1.165) is 12.8 Å². The smallest absolute Gasteiger partial charge is 0.323 e. The lowest BCUT2D eigenvalue weighted by Crippen LogP contribution is -2.36. The van der Waals surface area contributed by atoms with Gasteiger partial charge in [-0.3, -0.25) is 9.59 Å². The van der Waals surface area contributed by atoms with Crippen LogP contribution < -0.4 is 0 Å². The molecule has 0 radical (unpaired) electrons. The molecule has 3 unspecified atom stereocenters. The van der Waals surface area contributed by atoms with Crippen LogP contribution in [0.3, 0.4) is 0 Å². The Bertz CT molecular complexity index is 298. The summed E-state index contributed by atoms with van der Waals surface area (Å²) in [5.41, 5.74) is -0.597. The van der Waals surface area contributed by atoms with Crippen molar-refractivity contribution in [1.82, 2.24) is 0 Å². The van der Waals surface area contributed by atoms with Crippen molar-refractivity contribution in [2.24, 2.45) is 5.41 Å². The van der Waals surface area contributed by atoms with Gasteiger partial charge in [-0.05, 0) is 19.3 Å². The molecule has 0 aromatic heterocycles. The van der Waals surface area contributed by atoms with Gasteiger partial charge in [-0.25, -0.2) is 0 Å². The number of carbonyl (C=O) groups is 2. The Morgan fingerprint density at radius 2 is 2.15 bits per heavy atom. The molecule has 4 nitrogen and oxygen atoms in total. The number of fused-ring (bicyclic) bond motifs is 3. The molecule has 0 saturated carbocycles. The lowest BCUT2D eigenvalue weighted by molar-refractivity contribution is -0.156. The van der Waals surface area contributed by atoms with Crippen LogP contribution in [0, 0.1) is 5.41 Å². The molecule has 3 atom stereocenters. The van der Waals surface area contributed by atoms with E-state index in [4.69, 9.17) is 4.74 Å². The van der Waals surface area contributed by atoms with Crippen LogP contribution in [-0.2, 0) is 19.1 Å². The van der Waals surface area contributed by atoms with Crippen LogP contribution in [0.25, 0.3) is 0 Å². The van der Waals surface area contributed by atoms with Gasteiger partial charge in [-0.15, -0.1) is 0 Å². The fraction of sp³-hybridized carbons (Fsp3) is 0.778. The molecular weight excluding hydrogens is 172 g/mol. The first kappa shape index (κ1) is 7.50. The maximum absolute atomic E-state index is 11.5. The summed E-state index contributed by atoms with van der Waals surface area (Å²) in [6, 6.07) is 0. The highest BCUT2D eigenvalue weighted by atomic mass is 16.6. The molecule has 70 valence electrons. The maximum atomic E-state index is 11.5. The van der Waals surface area contributed by atoms with Gasteiger partial charge < -0.3 is 9.47 Å². The maximum Gasteiger partial charge on any atom is 0.323 e. The summed E-state index contributed by atoms with van der Waals surface area (Å²) in [4.78, 5) is 22.5. The highest BCUT2D eigenvalue weighted by molar-refractivity contribution is 5.98. The Morgan fingerprint density at radius 1 is 1.31 bits per heavy atom. The Hall–Kier alpha value is -0.900. The van der Waals surface area contributed by atoms with Gasteiger partial charge in [0.15, 0.2) is 0 Å². The largest absolute Gasteiger partial charge is 0.393 e. The van der Waals surface area contributed by atoms with Gasteiger partial charge >= 0.3 is 11.9 Å². The van der Waals surface area contributed by atoms with E-state index in [1.54, 1.807) is 0 Å². The van der Waals surface area contributed by atoms with Crippen LogP contribution in [0.2, 0.25) is 0 Å². The quantitative estimate of drug-likeness (QED) is 0.402. The van der Waals surface area contributed by atoms with Crippen LogP contribution in [0.4, 0.5) is 0 Å². The third-order valence-electron chi connectivity index (χ3n) is 3.39. The summed E-state index contributed by atoms with van der Waals surface area (Å²) in [5, 5.41) is 0. The Morgan fingerprint density at radius 3 is 2.62 bits per heavy atom. The normalized spacial score (nSPS) is 47.7. The van der Waals surface area contributed by atoms with Crippen molar-refractivity contribution < 1.29 is 19.1 Å². The first-order valence-electron chi connectivity index (χ1n) is 4.61. The first-order valence-corrected chi connectivity index (χ1v) is 4.61. The summed E-state index contributed by atoms with van der Waals surface area (Å²) in [5.74, 6) is -0.745. The van der Waals surface area contributed by atoms with E-state index in [0.29, 0.717) is 6.42 Å². The first-order chi connectivity index (χ1) is 6.21. The lowest BCUT2D eigenvalue weighted by atomic mass is 9.73. The number of cyclic esters (lactones) is 2. The van der Waals surface area contributed by atoms with Gasteiger partial charge in [0.05, 0.1) is 18.6 Å². The minimum absolute atomic E-state index is 0.0588. The molecule has 13 heavy (non-hydrogen) atoms. The number of hydrogen-bond acceptors (Lipinski definition) is 4. The summed E-state index contributed by atoms with van der Waals surface area (Å²) < 4.78 is 10.2. The highest BCUT2D eigenvalue weighted by Gasteiger charge is 2.62. The van der Waals surface area contributed by atoms with Gasteiger partial charge in [0.1, 0.15) is 5.41 Å². The topological polar surface area (TPSA) is 52.6 Å². The van der Waals surface area contributed by atoms with Crippen LogP contribution in [0.15, 0.2) is 0 Å². The third-order valence-corrected chi connectivity index (χ3v) is 3.39. The van der Waals surface area contributed by atoms with Crippen LogP contribution in [-0.4, -0.2) is 24.1 Å². The molecule has 3 heterocycles. The standard InChI is InChI=1S/C9H10O4/c10-7-4-9(8(11)13-7)3-5-1-2-6(9)12-5/h5-6H,1-4H2. The molecule has 3 saturated heterocycles. The van der Waals surface area contributed by atoms with Crippen LogP contribution >= 0.6 is 0 Å². The molecule has 2 bridgehead atoms. The number of ether oxygens (including phenoxy) is 2. The van der Waals surface area contributed by atoms with E-state index >= 15 is 0 Å². The minimum atomic E-state index is -0.597. The molecule has 4 heteroatoms. The zero-order valence-electron chi connectivity index (χ0n) is 7.12. The summed E-state index contributed by atoms with van der Waals surface area (Å²) in [6.45, 7) is 0. The van der Waals surface area contributed by atoms with Gasteiger partial charge in [0, 0.05) is 0 Å². The fourth-order valence-electron chi connectivity index (χ4n) is 2.77. The van der Waals surface area contributed by atoms with Crippen LogP contribution in [0.5, 0.6) is 0 Å². The van der Waals surface area contributed by atoms with Gasteiger partial charge in [0.25, 0.3) is 0 Å². The van der Waals surface area contributed by atoms with E-state index in [-0.39, 0.29) is 30.6 Å². The van der Waals surface area contributed by atoms with Crippen molar-refractivity contribution in [3.63, 3.8) is 0 Å².